The number of carbonyl (C=O) groups is 1. The Morgan fingerprint density at radius 3 is 2.96 bits per heavy atom. The van der Waals surface area contributed by atoms with E-state index >= 15 is 0 Å². The highest BCUT2D eigenvalue weighted by molar-refractivity contribution is 7.08. The third-order valence-corrected chi connectivity index (χ3v) is 4.94. The molecule has 25 heavy (non-hydrogen) atoms. The normalized spacial score (nSPS) is 13.1. The smallest absolute Gasteiger partial charge is 0.256 e. The Morgan fingerprint density at radius 2 is 2.20 bits per heavy atom. The van der Waals surface area contributed by atoms with Crippen LogP contribution >= 0.6 is 11.3 Å². The van der Waals surface area contributed by atoms with Crippen LogP contribution in [0.2, 0.25) is 0 Å². The van der Waals surface area contributed by atoms with Gasteiger partial charge in [-0.05, 0) is 22.4 Å². The summed E-state index contributed by atoms with van der Waals surface area (Å²) in [6, 6.07) is 3.41. The number of aryl methyl sites for hydroxylation is 1. The van der Waals surface area contributed by atoms with Crippen LogP contribution in [0.15, 0.2) is 40.1 Å². The number of rotatable bonds is 2. The van der Waals surface area contributed by atoms with Gasteiger partial charge in [0.2, 0.25) is 5.95 Å². The average Bonchev–Trinajstić information content (AvgIpc) is 3.25. The first-order chi connectivity index (χ1) is 12.0. The van der Waals surface area contributed by atoms with Gasteiger partial charge in [-0.3, -0.25) is 9.59 Å². The monoisotopic (exact) mass is 353 g/mol. The maximum atomic E-state index is 13.1. The molecule has 0 bridgehead atoms. The van der Waals surface area contributed by atoms with E-state index in [2.05, 4.69) is 9.97 Å². The quantitative estimate of drug-likeness (QED) is 0.756. The van der Waals surface area contributed by atoms with Crippen molar-refractivity contribution in [3.05, 3.63) is 62.5 Å². The zero-order valence-electron chi connectivity index (χ0n) is 13.5. The van der Waals surface area contributed by atoms with E-state index in [-0.39, 0.29) is 17.4 Å². The van der Waals surface area contributed by atoms with Crippen LogP contribution in [0.5, 0.6) is 0 Å². The molecule has 126 valence electrons. The van der Waals surface area contributed by atoms with Crippen molar-refractivity contribution in [2.24, 2.45) is 7.05 Å². The number of pyridine rings is 1. The number of nitrogens with two attached hydrogens (primary N) is 1. The molecule has 1 aliphatic heterocycles. The number of carbonyl (C=O) groups excluding carboxylic acids is 1. The number of aromatic nitrogens is 3. The van der Waals surface area contributed by atoms with Gasteiger partial charge in [0.25, 0.3) is 11.5 Å². The molecular formula is C17H15N5O2S. The van der Waals surface area contributed by atoms with E-state index in [0.29, 0.717) is 24.2 Å². The van der Waals surface area contributed by atoms with Crippen LogP contribution in [0.3, 0.4) is 0 Å². The largest absolute Gasteiger partial charge is 0.368 e. The number of fused-ring (bicyclic) bond motifs is 1. The number of hydrogen-bond donors (Lipinski definition) is 1. The standard InChI is InChI=1S/C17H15N5O2S/c1-21-7-13(12(4-15(21)23)10-2-3-25-9-10)16(24)22-6-11-5-19-17(18)20-14(11)8-22/h2-5,7,9H,6,8H2,1H3,(H2,18,19,20). The number of thiophene rings is 1. The number of anilines is 1. The van der Waals surface area contributed by atoms with Gasteiger partial charge in [-0.1, -0.05) is 0 Å². The summed E-state index contributed by atoms with van der Waals surface area (Å²) in [6.45, 7) is 0.813. The lowest BCUT2D eigenvalue weighted by atomic mass is 10.0. The van der Waals surface area contributed by atoms with E-state index in [1.165, 1.54) is 22.0 Å². The predicted molar refractivity (Wildman–Crippen MR) is 95.0 cm³/mol. The van der Waals surface area contributed by atoms with Gasteiger partial charge >= 0.3 is 0 Å². The molecule has 4 heterocycles. The molecule has 0 radical (unpaired) electrons. The number of nitrogen functional groups attached to an aromatic ring is 1. The summed E-state index contributed by atoms with van der Waals surface area (Å²) in [5, 5.41) is 3.85. The van der Waals surface area contributed by atoms with Crippen LogP contribution in [-0.4, -0.2) is 25.3 Å². The molecule has 1 amide bonds. The first-order valence-corrected chi connectivity index (χ1v) is 8.60. The lowest BCUT2D eigenvalue weighted by molar-refractivity contribution is 0.0750. The first kappa shape index (κ1) is 15.5. The lowest BCUT2D eigenvalue weighted by Crippen LogP contribution is -2.28. The Labute approximate surface area is 147 Å². The second kappa shape index (κ2) is 5.82. The molecule has 0 saturated heterocycles. The van der Waals surface area contributed by atoms with E-state index in [4.69, 9.17) is 5.73 Å². The van der Waals surface area contributed by atoms with E-state index in [1.807, 2.05) is 16.8 Å². The molecule has 0 aliphatic carbocycles. The lowest BCUT2D eigenvalue weighted by Gasteiger charge is -2.18. The second-order valence-corrected chi connectivity index (χ2v) is 6.70. The molecule has 0 spiro atoms. The molecule has 7 nitrogen and oxygen atoms in total. The van der Waals surface area contributed by atoms with Crippen molar-refractivity contribution < 1.29 is 4.79 Å². The molecular weight excluding hydrogens is 338 g/mol. The molecule has 0 unspecified atom stereocenters. The minimum absolute atomic E-state index is 0.145. The molecule has 3 aromatic heterocycles. The Hall–Kier alpha value is -3.00. The van der Waals surface area contributed by atoms with Gasteiger partial charge in [-0.25, -0.2) is 9.97 Å². The highest BCUT2D eigenvalue weighted by Crippen LogP contribution is 2.28. The molecule has 2 N–H and O–H groups in total. The zero-order valence-corrected chi connectivity index (χ0v) is 14.3. The Kier molecular flexibility index (Phi) is 3.61. The average molecular weight is 353 g/mol. The van der Waals surface area contributed by atoms with E-state index < -0.39 is 0 Å². The summed E-state index contributed by atoms with van der Waals surface area (Å²) in [5.41, 5.74) is 9.14. The van der Waals surface area contributed by atoms with Gasteiger partial charge in [-0.15, -0.1) is 0 Å². The molecule has 0 atom stereocenters. The van der Waals surface area contributed by atoms with E-state index in [1.54, 1.807) is 24.3 Å². The van der Waals surface area contributed by atoms with E-state index in [0.717, 1.165) is 16.8 Å². The Morgan fingerprint density at radius 1 is 1.36 bits per heavy atom. The Balaban J connectivity index is 1.74. The molecule has 0 fully saturated rings. The molecule has 4 rings (SSSR count). The van der Waals surface area contributed by atoms with Crippen molar-refractivity contribution >= 4 is 23.2 Å². The fourth-order valence-electron chi connectivity index (χ4n) is 2.94. The summed E-state index contributed by atoms with van der Waals surface area (Å²) in [6.07, 6.45) is 3.26. The van der Waals surface area contributed by atoms with E-state index in [9.17, 15) is 9.59 Å². The van der Waals surface area contributed by atoms with Crippen molar-refractivity contribution in [1.29, 1.82) is 0 Å². The van der Waals surface area contributed by atoms with Crippen molar-refractivity contribution in [3.63, 3.8) is 0 Å². The minimum atomic E-state index is -0.152. The number of amides is 1. The summed E-state index contributed by atoms with van der Waals surface area (Å²) in [7, 11) is 1.64. The fraction of sp³-hybridized carbons (Fsp3) is 0.176. The molecule has 1 aliphatic rings. The molecule has 0 aromatic carbocycles. The van der Waals surface area contributed by atoms with Crippen LogP contribution in [-0.2, 0) is 20.1 Å². The van der Waals surface area contributed by atoms with Gasteiger partial charge in [0.05, 0.1) is 17.8 Å². The fourth-order valence-corrected chi connectivity index (χ4v) is 3.60. The van der Waals surface area contributed by atoms with Crippen LogP contribution in [0, 0.1) is 0 Å². The van der Waals surface area contributed by atoms with Crippen molar-refractivity contribution in [3.8, 4) is 11.1 Å². The van der Waals surface area contributed by atoms with Gasteiger partial charge < -0.3 is 15.2 Å². The first-order valence-electron chi connectivity index (χ1n) is 7.65. The molecule has 3 aromatic rings. The SMILES string of the molecule is Cn1cc(C(=O)N2Cc3cnc(N)nc3C2)c(-c2ccsc2)cc1=O. The van der Waals surface area contributed by atoms with Gasteiger partial charge in [-0.2, -0.15) is 11.3 Å². The third kappa shape index (κ3) is 2.70. The highest BCUT2D eigenvalue weighted by atomic mass is 32.1. The van der Waals surface area contributed by atoms with Crippen molar-refractivity contribution in [2.45, 2.75) is 13.1 Å². The summed E-state index contributed by atoms with van der Waals surface area (Å²) >= 11 is 1.52. The van der Waals surface area contributed by atoms with Crippen LogP contribution in [0.4, 0.5) is 5.95 Å². The maximum Gasteiger partial charge on any atom is 0.256 e. The summed E-state index contributed by atoms with van der Waals surface area (Å²) < 4.78 is 1.42. The summed E-state index contributed by atoms with van der Waals surface area (Å²) in [5.74, 6) is 0.0579. The predicted octanol–water partition coefficient (Wildman–Crippen LogP) is 1.64. The third-order valence-electron chi connectivity index (χ3n) is 4.25. The van der Waals surface area contributed by atoms with Crippen LogP contribution in [0.25, 0.3) is 11.1 Å². The van der Waals surface area contributed by atoms with Gasteiger partial charge in [0.1, 0.15) is 0 Å². The Bertz CT molecular complexity index is 1030. The number of nitrogens with zero attached hydrogens (tertiary/aromatic N) is 4. The topological polar surface area (TPSA) is 94.1 Å². The maximum absolute atomic E-state index is 13.1. The van der Waals surface area contributed by atoms with Crippen molar-refractivity contribution in [1.82, 2.24) is 19.4 Å². The van der Waals surface area contributed by atoms with Crippen LogP contribution in [0.1, 0.15) is 21.6 Å². The highest BCUT2D eigenvalue weighted by Gasteiger charge is 2.28. The number of hydrogen-bond acceptors (Lipinski definition) is 6. The van der Waals surface area contributed by atoms with Gasteiger partial charge in [0, 0.05) is 43.2 Å². The zero-order chi connectivity index (χ0) is 17.6. The summed E-state index contributed by atoms with van der Waals surface area (Å²) in [4.78, 5) is 35.0. The van der Waals surface area contributed by atoms with Gasteiger partial charge in [0.15, 0.2) is 0 Å². The van der Waals surface area contributed by atoms with Crippen molar-refractivity contribution in [2.75, 3.05) is 5.73 Å². The second-order valence-electron chi connectivity index (χ2n) is 5.92. The molecule has 0 saturated carbocycles. The minimum Gasteiger partial charge on any atom is -0.368 e. The van der Waals surface area contributed by atoms with Crippen LogP contribution < -0.4 is 11.3 Å². The molecule has 8 heteroatoms.